The van der Waals surface area contributed by atoms with Crippen LogP contribution >= 0.6 is 0 Å². The number of hydrogen-bond acceptors (Lipinski definition) is 4. The second-order valence-electron chi connectivity index (χ2n) is 4.79. The summed E-state index contributed by atoms with van der Waals surface area (Å²) in [4.78, 5) is 10.8. The summed E-state index contributed by atoms with van der Waals surface area (Å²) in [6.45, 7) is -0.00533. The molecule has 1 heterocycles. The van der Waals surface area contributed by atoms with E-state index in [1.54, 1.807) is 12.1 Å². The molecule has 2 aromatic carbocycles. The van der Waals surface area contributed by atoms with Crippen LogP contribution in [0.3, 0.4) is 0 Å². The number of nitrogens with two attached hydrogens (primary N) is 1. The molecular formula is C15H14N2O4. The van der Waals surface area contributed by atoms with Gasteiger partial charge in [-0.05, 0) is 30.2 Å². The minimum atomic E-state index is -0.931. The van der Waals surface area contributed by atoms with Gasteiger partial charge >= 0.3 is 6.03 Å². The van der Waals surface area contributed by atoms with Crippen molar-refractivity contribution in [3.63, 3.8) is 0 Å². The highest BCUT2D eigenvalue weighted by Gasteiger charge is 2.12. The summed E-state index contributed by atoms with van der Waals surface area (Å²) in [7, 11) is 0. The van der Waals surface area contributed by atoms with E-state index in [1.807, 2.05) is 24.3 Å². The number of hydrogen-bond donors (Lipinski definition) is 3. The molecule has 1 aromatic heterocycles. The van der Waals surface area contributed by atoms with E-state index in [9.17, 15) is 15.1 Å². The fourth-order valence-corrected chi connectivity index (χ4v) is 2.34. The molecule has 0 bridgehead atoms. The van der Waals surface area contributed by atoms with Crippen LogP contribution in [0.15, 0.2) is 40.8 Å². The Labute approximate surface area is 119 Å². The van der Waals surface area contributed by atoms with E-state index in [2.05, 4.69) is 0 Å². The summed E-state index contributed by atoms with van der Waals surface area (Å²) >= 11 is 0. The first-order valence-corrected chi connectivity index (χ1v) is 6.45. The first-order valence-electron chi connectivity index (χ1n) is 6.45. The maximum Gasteiger partial charge on any atom is 0.338 e. The monoisotopic (exact) mass is 286 g/mol. The number of benzene rings is 2. The lowest BCUT2D eigenvalue weighted by molar-refractivity contribution is -0.0382. The Bertz CT molecular complexity index is 825. The number of carbonyl (C=O) groups is 1. The zero-order valence-corrected chi connectivity index (χ0v) is 11.1. The molecule has 0 unspecified atom stereocenters. The fraction of sp³-hybridized carbons (Fsp3) is 0.133. The Morgan fingerprint density at radius 1 is 1.19 bits per heavy atom. The highest BCUT2D eigenvalue weighted by Crippen LogP contribution is 2.33. The standard InChI is InChI=1S/C15H14N2O4/c16-15(19)17(20)6-5-9-7-14-11(8-12(9)18)10-3-1-2-4-13(10)21-14/h1-4,7-8,18,20H,5-6H2,(H2,16,19). The van der Waals surface area contributed by atoms with Crippen molar-refractivity contribution in [2.24, 2.45) is 5.73 Å². The number of carbonyl (C=O) groups excluding carboxylic acids is 1. The van der Waals surface area contributed by atoms with Crippen molar-refractivity contribution in [1.29, 1.82) is 0 Å². The van der Waals surface area contributed by atoms with E-state index in [0.29, 0.717) is 16.2 Å². The molecule has 6 nitrogen and oxygen atoms in total. The van der Waals surface area contributed by atoms with Crippen LogP contribution in [0.1, 0.15) is 5.56 Å². The van der Waals surface area contributed by atoms with Crippen molar-refractivity contribution in [3.05, 3.63) is 42.0 Å². The number of hydroxylamine groups is 2. The molecule has 0 saturated heterocycles. The minimum Gasteiger partial charge on any atom is -0.508 e. The topological polar surface area (TPSA) is 99.9 Å². The third-order valence-corrected chi connectivity index (χ3v) is 3.43. The average molecular weight is 286 g/mol. The van der Waals surface area contributed by atoms with E-state index < -0.39 is 6.03 Å². The van der Waals surface area contributed by atoms with Crippen LogP contribution in [-0.4, -0.2) is 28.0 Å². The lowest BCUT2D eigenvalue weighted by atomic mass is 10.1. The summed E-state index contributed by atoms with van der Waals surface area (Å²) in [5.74, 6) is 0.0897. The maximum absolute atomic E-state index is 10.8. The number of phenols is 1. The largest absolute Gasteiger partial charge is 0.508 e. The van der Waals surface area contributed by atoms with Crippen LogP contribution in [-0.2, 0) is 6.42 Å². The van der Waals surface area contributed by atoms with Gasteiger partial charge in [0.05, 0.1) is 6.54 Å². The smallest absolute Gasteiger partial charge is 0.338 e. The highest BCUT2D eigenvalue weighted by atomic mass is 16.5. The molecule has 0 atom stereocenters. The van der Waals surface area contributed by atoms with Gasteiger partial charge in [-0.3, -0.25) is 5.21 Å². The molecule has 4 N–H and O–H groups in total. The number of rotatable bonds is 3. The van der Waals surface area contributed by atoms with E-state index >= 15 is 0 Å². The van der Waals surface area contributed by atoms with Gasteiger partial charge in [-0.15, -0.1) is 0 Å². The first-order chi connectivity index (χ1) is 10.1. The molecule has 3 aromatic rings. The second-order valence-corrected chi connectivity index (χ2v) is 4.79. The number of amides is 2. The quantitative estimate of drug-likeness (QED) is 0.509. The molecule has 6 heteroatoms. The molecule has 108 valence electrons. The van der Waals surface area contributed by atoms with Gasteiger partial charge in [0.25, 0.3) is 0 Å². The normalized spacial score (nSPS) is 11.1. The molecular weight excluding hydrogens is 272 g/mol. The number of furan rings is 1. The van der Waals surface area contributed by atoms with Crippen LogP contribution < -0.4 is 5.73 Å². The number of aromatic hydroxyl groups is 1. The number of urea groups is 1. The molecule has 3 rings (SSSR count). The Morgan fingerprint density at radius 3 is 2.71 bits per heavy atom. The van der Waals surface area contributed by atoms with Crippen LogP contribution in [0.4, 0.5) is 4.79 Å². The van der Waals surface area contributed by atoms with Crippen molar-refractivity contribution in [1.82, 2.24) is 5.06 Å². The van der Waals surface area contributed by atoms with E-state index in [4.69, 9.17) is 10.2 Å². The van der Waals surface area contributed by atoms with E-state index in [1.165, 1.54) is 0 Å². The molecule has 2 amide bonds. The van der Waals surface area contributed by atoms with Gasteiger partial charge in [0.1, 0.15) is 16.9 Å². The van der Waals surface area contributed by atoms with Crippen molar-refractivity contribution in [2.75, 3.05) is 6.54 Å². The summed E-state index contributed by atoms with van der Waals surface area (Å²) in [6, 6.07) is 9.96. The molecule has 21 heavy (non-hydrogen) atoms. The van der Waals surface area contributed by atoms with Crippen molar-refractivity contribution >= 4 is 28.0 Å². The number of primary amides is 1. The molecule has 0 spiro atoms. The zero-order chi connectivity index (χ0) is 15.0. The van der Waals surface area contributed by atoms with E-state index in [-0.39, 0.29) is 18.7 Å². The maximum atomic E-state index is 10.8. The number of nitrogens with zero attached hydrogens (tertiary/aromatic N) is 1. The number of phenolic OH excluding ortho intramolecular Hbond substituents is 1. The Morgan fingerprint density at radius 2 is 1.95 bits per heavy atom. The first kappa shape index (κ1) is 13.3. The van der Waals surface area contributed by atoms with Gasteiger partial charge in [0.15, 0.2) is 0 Å². The summed E-state index contributed by atoms with van der Waals surface area (Å²) < 4.78 is 5.72. The third kappa shape index (κ3) is 2.36. The van der Waals surface area contributed by atoms with Gasteiger partial charge in [0.2, 0.25) is 0 Å². The summed E-state index contributed by atoms with van der Waals surface area (Å²) in [5.41, 5.74) is 6.89. The molecule has 0 saturated carbocycles. The van der Waals surface area contributed by atoms with Crippen LogP contribution in [0, 0.1) is 0 Å². The SMILES string of the molecule is NC(=O)N(O)CCc1cc2oc3ccccc3c2cc1O. The molecule has 0 fully saturated rings. The van der Waals surface area contributed by atoms with Gasteiger partial charge in [-0.2, -0.15) is 0 Å². The lowest BCUT2D eigenvalue weighted by Gasteiger charge is -2.12. The van der Waals surface area contributed by atoms with Crippen LogP contribution in [0.2, 0.25) is 0 Å². The predicted octanol–water partition coefficient (Wildman–Crippen LogP) is 2.60. The van der Waals surface area contributed by atoms with Gasteiger partial charge in [0, 0.05) is 10.8 Å². The molecule has 0 aliphatic rings. The number of para-hydroxylation sites is 1. The van der Waals surface area contributed by atoms with Crippen molar-refractivity contribution in [3.8, 4) is 5.75 Å². The molecule has 0 radical (unpaired) electrons. The Kier molecular flexibility index (Phi) is 3.15. The van der Waals surface area contributed by atoms with Crippen LogP contribution in [0.5, 0.6) is 5.75 Å². The van der Waals surface area contributed by atoms with Gasteiger partial charge < -0.3 is 15.3 Å². The average Bonchev–Trinajstić information content (AvgIpc) is 2.82. The highest BCUT2D eigenvalue weighted by molar-refractivity contribution is 6.05. The predicted molar refractivity (Wildman–Crippen MR) is 77.2 cm³/mol. The molecule has 0 aliphatic carbocycles. The summed E-state index contributed by atoms with van der Waals surface area (Å²) in [5, 5.41) is 21.5. The second kappa shape index (κ2) is 4.99. The lowest BCUT2D eigenvalue weighted by Crippen LogP contribution is -2.34. The van der Waals surface area contributed by atoms with Gasteiger partial charge in [-0.25, -0.2) is 9.86 Å². The minimum absolute atomic E-state index is 0.00533. The third-order valence-electron chi connectivity index (χ3n) is 3.43. The summed E-state index contributed by atoms with van der Waals surface area (Å²) in [6.07, 6.45) is 0.262. The van der Waals surface area contributed by atoms with Crippen LogP contribution in [0.25, 0.3) is 21.9 Å². The number of fused-ring (bicyclic) bond motifs is 3. The van der Waals surface area contributed by atoms with Crippen molar-refractivity contribution in [2.45, 2.75) is 6.42 Å². The van der Waals surface area contributed by atoms with E-state index in [0.717, 1.165) is 16.4 Å². The zero-order valence-electron chi connectivity index (χ0n) is 11.1. The Balaban J connectivity index is 1.99. The molecule has 0 aliphatic heterocycles. The Hall–Kier alpha value is -2.73. The van der Waals surface area contributed by atoms with Crippen molar-refractivity contribution < 1.29 is 19.5 Å². The fourth-order valence-electron chi connectivity index (χ4n) is 2.34. The van der Waals surface area contributed by atoms with Gasteiger partial charge in [-0.1, -0.05) is 18.2 Å².